The molecule has 0 fully saturated rings. The van der Waals surface area contributed by atoms with Gasteiger partial charge in [-0.15, -0.1) is 0 Å². The van der Waals surface area contributed by atoms with Gasteiger partial charge in [0, 0.05) is 18.5 Å². The molecule has 0 unspecified atom stereocenters. The quantitative estimate of drug-likeness (QED) is 0.715. The molecule has 0 atom stereocenters. The summed E-state index contributed by atoms with van der Waals surface area (Å²) in [5.41, 5.74) is 2.19. The van der Waals surface area contributed by atoms with E-state index in [0.717, 1.165) is 24.2 Å². The van der Waals surface area contributed by atoms with Gasteiger partial charge < -0.3 is 4.74 Å². The van der Waals surface area contributed by atoms with Crippen LogP contribution in [0.3, 0.4) is 0 Å². The Morgan fingerprint density at radius 1 is 1.36 bits per heavy atom. The largest absolute Gasteiger partial charge is 0.481 e. The average molecular weight is 190 g/mol. The second-order valence-corrected chi connectivity index (χ2v) is 3.35. The molecule has 0 saturated carbocycles. The van der Waals surface area contributed by atoms with E-state index in [1.54, 1.807) is 13.3 Å². The summed E-state index contributed by atoms with van der Waals surface area (Å²) >= 11 is 0. The van der Waals surface area contributed by atoms with Crippen molar-refractivity contribution in [2.24, 2.45) is 4.99 Å². The molecule has 0 N–H and O–H groups in total. The van der Waals surface area contributed by atoms with Crippen molar-refractivity contribution in [1.82, 2.24) is 4.98 Å². The number of hydrogen-bond acceptors (Lipinski definition) is 3. The first-order valence-electron chi connectivity index (χ1n) is 4.94. The fourth-order valence-electron chi connectivity index (χ4n) is 1.69. The van der Waals surface area contributed by atoms with Crippen LogP contribution in [-0.2, 0) is 0 Å². The van der Waals surface area contributed by atoms with Gasteiger partial charge in [0.2, 0.25) is 5.88 Å². The van der Waals surface area contributed by atoms with Crippen LogP contribution in [0.5, 0.6) is 5.88 Å². The molecule has 0 amide bonds. The Kier molecular flexibility index (Phi) is 2.77. The molecule has 1 aliphatic heterocycles. The third kappa shape index (κ3) is 1.76. The lowest BCUT2D eigenvalue weighted by Gasteiger charge is -2.13. The lowest BCUT2D eigenvalue weighted by Crippen LogP contribution is -2.09. The zero-order chi connectivity index (χ0) is 9.80. The van der Waals surface area contributed by atoms with Crippen molar-refractivity contribution in [3.05, 3.63) is 23.9 Å². The van der Waals surface area contributed by atoms with Crippen LogP contribution in [-0.4, -0.2) is 24.4 Å². The van der Waals surface area contributed by atoms with E-state index in [2.05, 4.69) is 9.98 Å². The minimum Gasteiger partial charge on any atom is -0.481 e. The molecule has 74 valence electrons. The van der Waals surface area contributed by atoms with Crippen molar-refractivity contribution in [3.63, 3.8) is 0 Å². The van der Waals surface area contributed by atoms with Gasteiger partial charge in [-0.2, -0.15) is 0 Å². The molecule has 3 nitrogen and oxygen atoms in total. The van der Waals surface area contributed by atoms with E-state index in [4.69, 9.17) is 4.74 Å². The Labute approximate surface area is 83.8 Å². The predicted molar refractivity (Wildman–Crippen MR) is 56.0 cm³/mol. The Bertz CT molecular complexity index is 347. The van der Waals surface area contributed by atoms with Gasteiger partial charge in [0.25, 0.3) is 0 Å². The lowest BCUT2D eigenvalue weighted by molar-refractivity contribution is 0.396. The summed E-state index contributed by atoms with van der Waals surface area (Å²) < 4.78 is 5.21. The zero-order valence-corrected chi connectivity index (χ0v) is 8.36. The van der Waals surface area contributed by atoms with E-state index >= 15 is 0 Å². The van der Waals surface area contributed by atoms with Crippen molar-refractivity contribution in [2.75, 3.05) is 13.7 Å². The van der Waals surface area contributed by atoms with Crippen LogP contribution in [0, 0.1) is 0 Å². The van der Waals surface area contributed by atoms with E-state index in [1.165, 1.54) is 12.8 Å². The van der Waals surface area contributed by atoms with Crippen LogP contribution in [0.15, 0.2) is 23.3 Å². The third-order valence-electron chi connectivity index (χ3n) is 2.40. The molecule has 1 aliphatic rings. The summed E-state index contributed by atoms with van der Waals surface area (Å²) in [6.45, 7) is 0.938. The molecule has 0 radical (unpaired) electrons. The first-order chi connectivity index (χ1) is 6.92. The maximum Gasteiger partial charge on any atom is 0.222 e. The molecule has 1 aromatic heterocycles. The molecule has 3 heteroatoms. The molecular weight excluding hydrogens is 176 g/mol. The van der Waals surface area contributed by atoms with E-state index in [0.29, 0.717) is 5.88 Å². The van der Waals surface area contributed by atoms with Gasteiger partial charge in [-0.25, -0.2) is 4.98 Å². The van der Waals surface area contributed by atoms with E-state index in [-0.39, 0.29) is 0 Å². The summed E-state index contributed by atoms with van der Waals surface area (Å²) in [4.78, 5) is 8.67. The minimum absolute atomic E-state index is 0.688. The molecule has 0 saturated heterocycles. The van der Waals surface area contributed by atoms with Crippen LogP contribution in [0.4, 0.5) is 0 Å². The number of nitrogens with zero attached hydrogens (tertiary/aromatic N) is 2. The van der Waals surface area contributed by atoms with Crippen LogP contribution in [0.25, 0.3) is 0 Å². The summed E-state index contributed by atoms with van der Waals surface area (Å²) in [6, 6.07) is 3.95. The monoisotopic (exact) mass is 190 g/mol. The van der Waals surface area contributed by atoms with Crippen molar-refractivity contribution in [1.29, 1.82) is 0 Å². The van der Waals surface area contributed by atoms with Gasteiger partial charge in [-0.3, -0.25) is 4.99 Å². The van der Waals surface area contributed by atoms with Crippen LogP contribution >= 0.6 is 0 Å². The predicted octanol–water partition coefficient (Wildman–Crippen LogP) is 2.06. The third-order valence-corrected chi connectivity index (χ3v) is 2.40. The van der Waals surface area contributed by atoms with Gasteiger partial charge in [-0.05, 0) is 31.4 Å². The van der Waals surface area contributed by atoms with Crippen molar-refractivity contribution in [3.8, 4) is 5.88 Å². The Hall–Kier alpha value is -1.38. The average Bonchev–Trinajstić information content (AvgIpc) is 2.30. The Morgan fingerprint density at radius 3 is 3.00 bits per heavy atom. The molecule has 0 bridgehead atoms. The minimum atomic E-state index is 0.688. The smallest absolute Gasteiger partial charge is 0.222 e. The number of rotatable bonds is 2. The fourth-order valence-corrected chi connectivity index (χ4v) is 1.69. The molecule has 0 aliphatic carbocycles. The molecule has 14 heavy (non-hydrogen) atoms. The maximum absolute atomic E-state index is 5.21. The second kappa shape index (κ2) is 4.22. The fraction of sp³-hybridized carbons (Fsp3) is 0.455. The van der Waals surface area contributed by atoms with Gasteiger partial charge >= 0.3 is 0 Å². The molecule has 0 spiro atoms. The number of pyridine rings is 1. The highest BCUT2D eigenvalue weighted by molar-refractivity contribution is 6.02. The summed E-state index contributed by atoms with van der Waals surface area (Å²) in [5, 5.41) is 0. The SMILES string of the molecule is COc1ncccc1C1=NCCCC1. The number of hydrogen-bond donors (Lipinski definition) is 0. The van der Waals surface area contributed by atoms with E-state index in [9.17, 15) is 0 Å². The number of aromatic nitrogens is 1. The number of aliphatic imine (C=N–C) groups is 1. The molecule has 0 aromatic carbocycles. The Balaban J connectivity index is 2.34. The van der Waals surface area contributed by atoms with E-state index < -0.39 is 0 Å². The van der Waals surface area contributed by atoms with Gasteiger partial charge in [0.15, 0.2) is 0 Å². The highest BCUT2D eigenvalue weighted by Gasteiger charge is 2.12. The van der Waals surface area contributed by atoms with Gasteiger partial charge in [-0.1, -0.05) is 0 Å². The number of methoxy groups -OCH3 is 1. The normalized spacial score (nSPS) is 16.2. The molecule has 2 heterocycles. The van der Waals surface area contributed by atoms with Crippen molar-refractivity contribution >= 4 is 5.71 Å². The summed E-state index contributed by atoms with van der Waals surface area (Å²) in [6.07, 6.45) is 5.21. The van der Waals surface area contributed by atoms with E-state index in [1.807, 2.05) is 12.1 Å². The summed E-state index contributed by atoms with van der Waals surface area (Å²) in [7, 11) is 1.65. The van der Waals surface area contributed by atoms with Crippen LogP contribution < -0.4 is 4.74 Å². The Morgan fingerprint density at radius 2 is 2.29 bits per heavy atom. The summed E-state index contributed by atoms with van der Waals surface area (Å²) in [5.74, 6) is 0.688. The second-order valence-electron chi connectivity index (χ2n) is 3.35. The number of ether oxygens (including phenoxy) is 1. The standard InChI is InChI=1S/C11H14N2O/c1-14-11-9(5-4-8-13-11)10-6-2-3-7-12-10/h4-5,8H,2-3,6-7H2,1H3. The van der Waals surface area contributed by atoms with Gasteiger partial charge in [0.05, 0.1) is 12.7 Å². The maximum atomic E-state index is 5.21. The van der Waals surface area contributed by atoms with Crippen molar-refractivity contribution in [2.45, 2.75) is 19.3 Å². The lowest BCUT2D eigenvalue weighted by atomic mass is 10.0. The molecule has 2 rings (SSSR count). The molecule has 1 aromatic rings. The van der Waals surface area contributed by atoms with Crippen molar-refractivity contribution < 1.29 is 4.74 Å². The topological polar surface area (TPSA) is 34.5 Å². The highest BCUT2D eigenvalue weighted by Crippen LogP contribution is 2.20. The van der Waals surface area contributed by atoms with Crippen LogP contribution in [0.2, 0.25) is 0 Å². The molecular formula is C11H14N2O. The zero-order valence-electron chi connectivity index (χ0n) is 8.36. The first-order valence-corrected chi connectivity index (χ1v) is 4.94. The highest BCUT2D eigenvalue weighted by atomic mass is 16.5. The van der Waals surface area contributed by atoms with Crippen LogP contribution in [0.1, 0.15) is 24.8 Å². The first kappa shape index (κ1) is 9.19. The van der Waals surface area contributed by atoms with Gasteiger partial charge in [0.1, 0.15) is 0 Å².